The number of urea groups is 2. The fourth-order valence-corrected chi connectivity index (χ4v) is 4.04. The Balaban J connectivity index is 1.72. The quantitative estimate of drug-likeness (QED) is 0.782. The van der Waals surface area contributed by atoms with Crippen LogP contribution in [0.4, 0.5) is 21.0 Å². The number of carbonyl (C=O) groups is 2. The van der Waals surface area contributed by atoms with Crippen LogP contribution in [0.3, 0.4) is 0 Å². The van der Waals surface area contributed by atoms with Gasteiger partial charge < -0.3 is 20.4 Å². The molecule has 2 saturated heterocycles. The molecule has 27 heavy (non-hydrogen) atoms. The summed E-state index contributed by atoms with van der Waals surface area (Å²) in [6.45, 7) is 7.73. The molecule has 0 radical (unpaired) electrons. The molecule has 0 spiro atoms. The zero-order valence-corrected chi connectivity index (χ0v) is 16.8. The van der Waals surface area contributed by atoms with Gasteiger partial charge in [0.2, 0.25) is 0 Å². The first-order valence-corrected chi connectivity index (χ1v) is 10.2. The number of anilines is 2. The first-order chi connectivity index (χ1) is 13.0. The lowest BCUT2D eigenvalue weighted by Crippen LogP contribution is -2.45. The maximum Gasteiger partial charge on any atom is 0.322 e. The number of rotatable bonds is 2. The van der Waals surface area contributed by atoms with Crippen molar-refractivity contribution in [1.82, 2.24) is 9.80 Å². The largest absolute Gasteiger partial charge is 0.322 e. The lowest BCUT2D eigenvalue weighted by atomic mass is 10.0. The van der Waals surface area contributed by atoms with Gasteiger partial charge in [0.1, 0.15) is 0 Å². The number of hydrogen-bond acceptors (Lipinski definition) is 2. The average Bonchev–Trinajstić information content (AvgIpc) is 2.64. The molecule has 2 fully saturated rings. The summed E-state index contributed by atoms with van der Waals surface area (Å²) in [5.74, 6) is 0. The van der Waals surface area contributed by atoms with E-state index in [4.69, 9.17) is 0 Å². The highest BCUT2D eigenvalue weighted by Gasteiger charge is 2.26. The molecule has 6 nitrogen and oxygen atoms in total. The monoisotopic (exact) mass is 372 g/mol. The summed E-state index contributed by atoms with van der Waals surface area (Å²) in [7, 11) is 0. The highest BCUT2D eigenvalue weighted by atomic mass is 16.2. The first-order valence-electron chi connectivity index (χ1n) is 10.2. The second kappa shape index (κ2) is 8.63. The molecule has 6 heteroatoms. The molecule has 1 aromatic rings. The van der Waals surface area contributed by atoms with Gasteiger partial charge in [0.05, 0.1) is 11.4 Å². The highest BCUT2D eigenvalue weighted by molar-refractivity contribution is 5.98. The number of carbonyl (C=O) groups excluding carboxylic acids is 2. The topological polar surface area (TPSA) is 64.7 Å². The number of benzene rings is 1. The summed E-state index contributed by atoms with van der Waals surface area (Å²) in [6.07, 6.45) is 6.51. The van der Waals surface area contributed by atoms with E-state index in [1.54, 1.807) is 0 Å². The number of likely N-dealkylation sites (tertiary alicyclic amines) is 2. The molecule has 1 aromatic carbocycles. The van der Waals surface area contributed by atoms with Gasteiger partial charge in [0.15, 0.2) is 0 Å². The van der Waals surface area contributed by atoms with E-state index in [0.717, 1.165) is 44.3 Å². The smallest absolute Gasteiger partial charge is 0.322 e. The summed E-state index contributed by atoms with van der Waals surface area (Å²) >= 11 is 0. The lowest BCUT2D eigenvalue weighted by Gasteiger charge is -2.34. The number of nitrogens with one attached hydrogen (secondary N) is 2. The molecule has 148 valence electrons. The van der Waals surface area contributed by atoms with Gasteiger partial charge in [-0.1, -0.05) is 6.07 Å². The van der Waals surface area contributed by atoms with Crippen LogP contribution in [0.1, 0.15) is 57.9 Å². The number of amides is 4. The average molecular weight is 373 g/mol. The second-order valence-corrected chi connectivity index (χ2v) is 7.99. The molecule has 0 bridgehead atoms. The van der Waals surface area contributed by atoms with Crippen LogP contribution >= 0.6 is 0 Å². The van der Waals surface area contributed by atoms with Crippen molar-refractivity contribution in [2.45, 2.75) is 71.4 Å². The van der Waals surface area contributed by atoms with E-state index < -0.39 is 0 Å². The van der Waals surface area contributed by atoms with E-state index in [2.05, 4.69) is 24.5 Å². The van der Waals surface area contributed by atoms with E-state index >= 15 is 0 Å². The van der Waals surface area contributed by atoms with Crippen LogP contribution in [0, 0.1) is 6.92 Å². The van der Waals surface area contributed by atoms with Gasteiger partial charge in [0, 0.05) is 25.2 Å². The van der Waals surface area contributed by atoms with Gasteiger partial charge in [-0.05, 0) is 77.0 Å². The molecule has 2 N–H and O–H groups in total. The molecular weight excluding hydrogens is 340 g/mol. The molecule has 0 aromatic heterocycles. The molecule has 2 atom stereocenters. The predicted molar refractivity (Wildman–Crippen MR) is 109 cm³/mol. The minimum atomic E-state index is -0.0899. The van der Waals surface area contributed by atoms with Gasteiger partial charge >= 0.3 is 12.1 Å². The van der Waals surface area contributed by atoms with Crippen molar-refractivity contribution in [2.24, 2.45) is 0 Å². The van der Waals surface area contributed by atoms with Crippen molar-refractivity contribution in [2.75, 3.05) is 23.7 Å². The molecule has 2 heterocycles. The zero-order chi connectivity index (χ0) is 19.4. The van der Waals surface area contributed by atoms with Crippen LogP contribution in [0.25, 0.3) is 0 Å². The SMILES string of the molecule is Cc1ccc(NC(=O)N2CCCC[C@H]2C)c(NC(=O)N2CCCC[C@@H]2C)c1. The van der Waals surface area contributed by atoms with Crippen LogP contribution < -0.4 is 10.6 Å². The Morgan fingerprint density at radius 3 is 1.89 bits per heavy atom. The van der Waals surface area contributed by atoms with Gasteiger partial charge in [-0.3, -0.25) is 0 Å². The van der Waals surface area contributed by atoms with Crippen LogP contribution in [0.2, 0.25) is 0 Å². The molecule has 4 amide bonds. The number of piperidine rings is 2. The predicted octanol–water partition coefficient (Wildman–Crippen LogP) is 4.81. The van der Waals surface area contributed by atoms with Crippen LogP contribution in [0.5, 0.6) is 0 Å². The van der Waals surface area contributed by atoms with Crippen molar-refractivity contribution < 1.29 is 9.59 Å². The summed E-state index contributed by atoms with van der Waals surface area (Å²) in [5.41, 5.74) is 2.36. The van der Waals surface area contributed by atoms with Crippen molar-refractivity contribution >= 4 is 23.4 Å². The van der Waals surface area contributed by atoms with Crippen molar-refractivity contribution in [1.29, 1.82) is 0 Å². The molecule has 0 saturated carbocycles. The normalized spacial score (nSPS) is 23.1. The van der Waals surface area contributed by atoms with Crippen molar-refractivity contribution in [3.05, 3.63) is 23.8 Å². The Bertz CT molecular complexity index is 691. The summed E-state index contributed by atoms with van der Waals surface area (Å²) in [4.78, 5) is 29.3. The van der Waals surface area contributed by atoms with Gasteiger partial charge in [-0.15, -0.1) is 0 Å². The van der Waals surface area contributed by atoms with E-state index in [1.165, 1.54) is 12.8 Å². The van der Waals surface area contributed by atoms with Crippen LogP contribution in [-0.4, -0.2) is 47.0 Å². The minimum absolute atomic E-state index is 0.0883. The Hall–Kier alpha value is -2.24. The molecular formula is C21H32N4O2. The summed E-state index contributed by atoms with van der Waals surface area (Å²) in [5, 5.41) is 6.04. The zero-order valence-electron chi connectivity index (χ0n) is 16.8. The minimum Gasteiger partial charge on any atom is -0.322 e. The third-order valence-electron chi connectivity index (χ3n) is 5.79. The second-order valence-electron chi connectivity index (χ2n) is 7.99. The Morgan fingerprint density at radius 1 is 0.852 bits per heavy atom. The highest BCUT2D eigenvalue weighted by Crippen LogP contribution is 2.26. The molecule has 3 rings (SSSR count). The van der Waals surface area contributed by atoms with E-state index in [1.807, 2.05) is 34.9 Å². The van der Waals surface area contributed by atoms with Gasteiger partial charge in [-0.25, -0.2) is 9.59 Å². The van der Waals surface area contributed by atoms with Crippen LogP contribution in [0.15, 0.2) is 18.2 Å². The molecule has 0 unspecified atom stereocenters. The number of nitrogens with zero attached hydrogens (tertiary/aromatic N) is 2. The number of aryl methyl sites for hydroxylation is 1. The fraction of sp³-hybridized carbons (Fsp3) is 0.619. The molecule has 2 aliphatic rings. The summed E-state index contributed by atoms with van der Waals surface area (Å²) < 4.78 is 0. The van der Waals surface area contributed by atoms with Crippen LogP contribution in [-0.2, 0) is 0 Å². The van der Waals surface area contributed by atoms with E-state index in [0.29, 0.717) is 11.4 Å². The Kier molecular flexibility index (Phi) is 6.24. The van der Waals surface area contributed by atoms with E-state index in [9.17, 15) is 9.59 Å². The fourth-order valence-electron chi connectivity index (χ4n) is 4.04. The lowest BCUT2D eigenvalue weighted by molar-refractivity contribution is 0.169. The van der Waals surface area contributed by atoms with Crippen molar-refractivity contribution in [3.63, 3.8) is 0 Å². The van der Waals surface area contributed by atoms with Crippen molar-refractivity contribution in [3.8, 4) is 0 Å². The Labute approximate surface area is 162 Å². The first kappa shape index (κ1) is 19.5. The standard InChI is InChI=1S/C21H32N4O2/c1-15-10-11-18(22-20(26)24-12-6-4-8-16(24)2)19(14-15)23-21(27)25-13-7-5-9-17(25)3/h10-11,14,16-17H,4-9,12-13H2,1-3H3,(H,22,26)(H,23,27)/t16-,17+/m1/s1. The maximum atomic E-state index is 12.8. The molecule has 0 aliphatic carbocycles. The van der Waals surface area contributed by atoms with E-state index in [-0.39, 0.29) is 24.1 Å². The number of hydrogen-bond donors (Lipinski definition) is 2. The summed E-state index contributed by atoms with van der Waals surface area (Å²) in [6, 6.07) is 6.06. The third-order valence-corrected chi connectivity index (χ3v) is 5.79. The van der Waals surface area contributed by atoms with Gasteiger partial charge in [-0.2, -0.15) is 0 Å². The third kappa shape index (κ3) is 4.73. The Morgan fingerprint density at radius 2 is 1.37 bits per heavy atom. The maximum absolute atomic E-state index is 12.8. The van der Waals surface area contributed by atoms with Gasteiger partial charge in [0.25, 0.3) is 0 Å². The molecule has 2 aliphatic heterocycles.